The molecule has 0 amide bonds. The normalized spacial score (nSPS) is 23.4. The molecule has 0 spiro atoms. The third kappa shape index (κ3) is 2.87. The van der Waals surface area contributed by atoms with E-state index in [0.29, 0.717) is 11.3 Å². The number of ether oxygens (including phenoxy) is 1. The van der Waals surface area contributed by atoms with Crippen molar-refractivity contribution in [3.63, 3.8) is 0 Å². The smallest absolute Gasteiger partial charge is 0.0465 e. The summed E-state index contributed by atoms with van der Waals surface area (Å²) in [6.45, 7) is 3.21. The zero-order valence-electron chi connectivity index (χ0n) is 9.52. The highest BCUT2D eigenvalue weighted by Gasteiger charge is 2.36. The Morgan fingerprint density at radius 1 is 1.29 bits per heavy atom. The van der Waals surface area contributed by atoms with Crippen molar-refractivity contribution < 1.29 is 4.74 Å². The van der Waals surface area contributed by atoms with Gasteiger partial charge in [0.2, 0.25) is 0 Å². The van der Waals surface area contributed by atoms with Gasteiger partial charge in [0, 0.05) is 19.6 Å². The molecule has 1 aliphatic carbocycles. The molecule has 1 rings (SSSR count). The van der Waals surface area contributed by atoms with Crippen molar-refractivity contribution >= 4 is 11.6 Å². The molecule has 14 heavy (non-hydrogen) atoms. The maximum absolute atomic E-state index is 6.17. The molecule has 2 heteroatoms. The fourth-order valence-corrected chi connectivity index (χ4v) is 3.15. The minimum atomic E-state index is 0.415. The maximum Gasteiger partial charge on any atom is 0.0465 e. The summed E-state index contributed by atoms with van der Waals surface area (Å²) < 4.78 is 5.15. The Balaban J connectivity index is 2.48. The minimum absolute atomic E-state index is 0.415. The lowest BCUT2D eigenvalue weighted by atomic mass is 9.67. The van der Waals surface area contributed by atoms with Crippen molar-refractivity contribution in [3.8, 4) is 0 Å². The Kier molecular flexibility index (Phi) is 5.25. The molecule has 0 aromatic carbocycles. The van der Waals surface area contributed by atoms with Crippen LogP contribution in [0.5, 0.6) is 0 Å². The van der Waals surface area contributed by atoms with Crippen molar-refractivity contribution in [3.05, 3.63) is 0 Å². The number of methoxy groups -OCH3 is 1. The van der Waals surface area contributed by atoms with Gasteiger partial charge < -0.3 is 4.74 Å². The van der Waals surface area contributed by atoms with E-state index in [-0.39, 0.29) is 0 Å². The van der Waals surface area contributed by atoms with Gasteiger partial charge >= 0.3 is 0 Å². The summed E-state index contributed by atoms with van der Waals surface area (Å²) in [7, 11) is 1.78. The fourth-order valence-electron chi connectivity index (χ4n) is 2.61. The Hall–Kier alpha value is 0.250. The summed E-state index contributed by atoms with van der Waals surface area (Å²) in [6.07, 6.45) is 7.93. The molecule has 0 radical (unpaired) electrons. The molecule has 0 aromatic rings. The molecule has 0 bridgehead atoms. The van der Waals surface area contributed by atoms with E-state index in [1.54, 1.807) is 7.11 Å². The molecule has 1 aliphatic rings. The molecule has 0 aliphatic heterocycles. The van der Waals surface area contributed by atoms with Crippen molar-refractivity contribution in [1.82, 2.24) is 0 Å². The fraction of sp³-hybridized carbons (Fsp3) is 1.00. The third-order valence-corrected chi connectivity index (χ3v) is 4.45. The van der Waals surface area contributed by atoms with Crippen LogP contribution in [-0.2, 0) is 4.74 Å². The highest BCUT2D eigenvalue weighted by Crippen LogP contribution is 2.44. The van der Waals surface area contributed by atoms with Crippen molar-refractivity contribution in [2.45, 2.75) is 45.4 Å². The predicted molar refractivity (Wildman–Crippen MR) is 61.9 cm³/mol. The van der Waals surface area contributed by atoms with Crippen LogP contribution < -0.4 is 0 Å². The van der Waals surface area contributed by atoms with E-state index in [1.807, 2.05) is 0 Å². The standard InChI is InChI=1S/C12H23ClO/c1-11(6-9-14-2)12(10-13)7-4-3-5-8-12/h11H,3-10H2,1-2H3. The molecular formula is C12H23ClO. The second-order valence-electron chi connectivity index (χ2n) is 4.74. The van der Waals surface area contributed by atoms with Gasteiger partial charge in [0.15, 0.2) is 0 Å². The summed E-state index contributed by atoms with van der Waals surface area (Å²) in [5.41, 5.74) is 0.415. The lowest BCUT2D eigenvalue weighted by Crippen LogP contribution is -2.33. The highest BCUT2D eigenvalue weighted by molar-refractivity contribution is 6.18. The molecule has 0 saturated heterocycles. The average Bonchev–Trinajstić information content (AvgIpc) is 2.26. The first kappa shape index (κ1) is 12.3. The average molecular weight is 219 g/mol. The number of alkyl halides is 1. The largest absolute Gasteiger partial charge is 0.385 e. The van der Waals surface area contributed by atoms with Crippen LogP contribution in [0, 0.1) is 11.3 Å². The molecule has 1 saturated carbocycles. The van der Waals surface area contributed by atoms with Gasteiger partial charge in [-0.3, -0.25) is 0 Å². The van der Waals surface area contributed by atoms with Crippen molar-refractivity contribution in [1.29, 1.82) is 0 Å². The van der Waals surface area contributed by atoms with E-state index in [2.05, 4.69) is 6.92 Å². The van der Waals surface area contributed by atoms with E-state index in [4.69, 9.17) is 16.3 Å². The van der Waals surface area contributed by atoms with Gasteiger partial charge in [-0.1, -0.05) is 26.2 Å². The molecular weight excluding hydrogens is 196 g/mol. The number of rotatable bonds is 5. The summed E-state index contributed by atoms with van der Waals surface area (Å²) in [5, 5.41) is 0. The van der Waals surface area contributed by atoms with Gasteiger partial charge in [0.25, 0.3) is 0 Å². The highest BCUT2D eigenvalue weighted by atomic mass is 35.5. The number of hydrogen-bond acceptors (Lipinski definition) is 1. The van der Waals surface area contributed by atoms with Crippen LogP contribution in [0.4, 0.5) is 0 Å². The lowest BCUT2D eigenvalue weighted by molar-refractivity contribution is 0.0945. The second kappa shape index (κ2) is 5.97. The molecule has 0 aromatic heterocycles. The Bertz CT molecular complexity index is 152. The van der Waals surface area contributed by atoms with E-state index in [0.717, 1.165) is 18.9 Å². The first-order valence-corrected chi connectivity index (χ1v) is 6.33. The molecule has 1 nitrogen and oxygen atoms in total. The van der Waals surface area contributed by atoms with Gasteiger partial charge in [-0.25, -0.2) is 0 Å². The molecule has 1 fully saturated rings. The van der Waals surface area contributed by atoms with Crippen molar-refractivity contribution in [2.24, 2.45) is 11.3 Å². The van der Waals surface area contributed by atoms with E-state index >= 15 is 0 Å². The van der Waals surface area contributed by atoms with Gasteiger partial charge in [-0.05, 0) is 30.6 Å². The van der Waals surface area contributed by atoms with Gasteiger partial charge in [0.05, 0.1) is 0 Å². The summed E-state index contributed by atoms with van der Waals surface area (Å²) in [5.74, 6) is 1.54. The van der Waals surface area contributed by atoms with Gasteiger partial charge in [-0.2, -0.15) is 0 Å². The molecule has 0 N–H and O–H groups in total. The van der Waals surface area contributed by atoms with Crippen molar-refractivity contribution in [2.75, 3.05) is 19.6 Å². The maximum atomic E-state index is 6.17. The Morgan fingerprint density at radius 3 is 2.43 bits per heavy atom. The monoisotopic (exact) mass is 218 g/mol. The van der Waals surface area contributed by atoms with E-state index in [1.165, 1.54) is 32.1 Å². The molecule has 84 valence electrons. The molecule has 1 atom stereocenters. The SMILES string of the molecule is COCCC(C)C1(CCl)CCCCC1. The quantitative estimate of drug-likeness (QED) is 0.637. The van der Waals surface area contributed by atoms with Gasteiger partial charge in [-0.15, -0.1) is 11.6 Å². The number of halogens is 1. The van der Waals surface area contributed by atoms with Crippen LogP contribution in [0.15, 0.2) is 0 Å². The summed E-state index contributed by atoms with van der Waals surface area (Å²) in [4.78, 5) is 0. The van der Waals surface area contributed by atoms with Crippen LogP contribution >= 0.6 is 11.6 Å². The number of hydrogen-bond donors (Lipinski definition) is 0. The third-order valence-electron chi connectivity index (χ3n) is 3.92. The Morgan fingerprint density at radius 2 is 1.93 bits per heavy atom. The molecule has 0 heterocycles. The minimum Gasteiger partial charge on any atom is -0.385 e. The Labute approximate surface area is 93.2 Å². The first-order valence-electron chi connectivity index (χ1n) is 5.80. The van der Waals surface area contributed by atoms with E-state index < -0.39 is 0 Å². The zero-order chi connectivity index (χ0) is 10.4. The van der Waals surface area contributed by atoms with Gasteiger partial charge in [0.1, 0.15) is 0 Å². The summed E-state index contributed by atoms with van der Waals surface area (Å²) in [6, 6.07) is 0. The van der Waals surface area contributed by atoms with E-state index in [9.17, 15) is 0 Å². The predicted octanol–water partition coefficient (Wildman–Crippen LogP) is 3.85. The zero-order valence-corrected chi connectivity index (χ0v) is 10.3. The molecule has 1 unspecified atom stereocenters. The van der Waals surface area contributed by atoms with Crippen LogP contribution in [-0.4, -0.2) is 19.6 Å². The van der Waals surface area contributed by atoms with Crippen LogP contribution in [0.25, 0.3) is 0 Å². The van der Waals surface area contributed by atoms with Crippen LogP contribution in [0.2, 0.25) is 0 Å². The topological polar surface area (TPSA) is 9.23 Å². The second-order valence-corrected chi connectivity index (χ2v) is 5.01. The van der Waals surface area contributed by atoms with Crippen LogP contribution in [0.3, 0.4) is 0 Å². The van der Waals surface area contributed by atoms with Crippen LogP contribution in [0.1, 0.15) is 45.4 Å². The first-order chi connectivity index (χ1) is 6.75. The summed E-state index contributed by atoms with van der Waals surface area (Å²) >= 11 is 6.17. The lowest BCUT2D eigenvalue weighted by Gasteiger charge is -2.41.